The van der Waals surface area contributed by atoms with E-state index in [9.17, 15) is 0 Å². The lowest BCUT2D eigenvalue weighted by atomic mass is 10.3. The van der Waals surface area contributed by atoms with Crippen LogP contribution in [0.15, 0.2) is 34.8 Å². The molecule has 0 radical (unpaired) electrons. The SMILES string of the molecule is C1=Cn2cnc3cccc(c32)S1. The smallest absolute Gasteiger partial charge is 0.1000 e. The number of hydrogen-bond donors (Lipinski definition) is 0. The molecular weight excluding hydrogens is 168 g/mol. The lowest BCUT2D eigenvalue weighted by Gasteiger charge is -2.06. The van der Waals surface area contributed by atoms with E-state index in [0.717, 1.165) is 5.52 Å². The second-order valence-electron chi connectivity index (χ2n) is 2.68. The molecule has 1 aromatic carbocycles. The lowest BCUT2D eigenvalue weighted by molar-refractivity contribution is 1.16. The van der Waals surface area contributed by atoms with E-state index in [-0.39, 0.29) is 0 Å². The largest absolute Gasteiger partial charge is 0.304 e. The molecule has 2 aromatic rings. The first-order chi connectivity index (χ1) is 5.95. The van der Waals surface area contributed by atoms with Crippen molar-refractivity contribution >= 4 is 29.0 Å². The monoisotopic (exact) mass is 174 g/mol. The molecule has 2 heterocycles. The van der Waals surface area contributed by atoms with Gasteiger partial charge in [0, 0.05) is 11.1 Å². The topological polar surface area (TPSA) is 17.8 Å². The number of rotatable bonds is 0. The molecule has 0 aliphatic carbocycles. The Morgan fingerprint density at radius 2 is 2.33 bits per heavy atom. The molecule has 0 saturated carbocycles. The van der Waals surface area contributed by atoms with Gasteiger partial charge in [-0.15, -0.1) is 0 Å². The molecule has 0 fully saturated rings. The molecule has 2 nitrogen and oxygen atoms in total. The van der Waals surface area contributed by atoms with Crippen molar-refractivity contribution in [1.82, 2.24) is 9.55 Å². The fourth-order valence-corrected chi connectivity index (χ4v) is 2.25. The van der Waals surface area contributed by atoms with Crippen molar-refractivity contribution in [3.8, 4) is 0 Å². The summed E-state index contributed by atoms with van der Waals surface area (Å²) < 4.78 is 2.06. The van der Waals surface area contributed by atoms with Gasteiger partial charge in [-0.05, 0) is 17.5 Å². The van der Waals surface area contributed by atoms with Crippen molar-refractivity contribution < 1.29 is 0 Å². The van der Waals surface area contributed by atoms with Crippen LogP contribution in [-0.4, -0.2) is 9.55 Å². The first-order valence-electron chi connectivity index (χ1n) is 3.74. The number of imidazole rings is 1. The standard InChI is InChI=1S/C9H6N2S/c1-2-7-9-8(3-1)12-5-4-11(9)6-10-7/h1-6H. The van der Waals surface area contributed by atoms with E-state index in [4.69, 9.17) is 0 Å². The van der Waals surface area contributed by atoms with Crippen LogP contribution in [-0.2, 0) is 0 Å². The highest BCUT2D eigenvalue weighted by Gasteiger charge is 2.08. The summed E-state index contributed by atoms with van der Waals surface area (Å²) in [4.78, 5) is 5.57. The van der Waals surface area contributed by atoms with Crippen molar-refractivity contribution in [2.75, 3.05) is 0 Å². The molecule has 3 heteroatoms. The zero-order valence-electron chi connectivity index (χ0n) is 6.27. The third-order valence-electron chi connectivity index (χ3n) is 1.97. The average molecular weight is 174 g/mol. The minimum Gasteiger partial charge on any atom is -0.304 e. The Morgan fingerprint density at radius 3 is 3.33 bits per heavy atom. The van der Waals surface area contributed by atoms with Crippen LogP contribution in [0.5, 0.6) is 0 Å². The van der Waals surface area contributed by atoms with E-state index in [0.29, 0.717) is 0 Å². The normalized spacial score (nSPS) is 14.0. The average Bonchev–Trinajstić information content (AvgIpc) is 2.52. The number of hydrogen-bond acceptors (Lipinski definition) is 2. The van der Waals surface area contributed by atoms with Gasteiger partial charge in [0.15, 0.2) is 0 Å². The summed E-state index contributed by atoms with van der Waals surface area (Å²) in [5, 5.41) is 2.07. The minimum atomic E-state index is 1.07. The maximum absolute atomic E-state index is 4.29. The summed E-state index contributed by atoms with van der Waals surface area (Å²) in [5.74, 6) is 0. The maximum Gasteiger partial charge on any atom is 0.1000 e. The fourth-order valence-electron chi connectivity index (χ4n) is 1.43. The highest BCUT2D eigenvalue weighted by molar-refractivity contribution is 8.02. The lowest BCUT2D eigenvalue weighted by Crippen LogP contribution is -1.88. The predicted molar refractivity (Wildman–Crippen MR) is 50.9 cm³/mol. The van der Waals surface area contributed by atoms with Crippen LogP contribution in [0.4, 0.5) is 0 Å². The summed E-state index contributed by atoms with van der Waals surface area (Å²) in [6, 6.07) is 6.20. The molecule has 0 atom stereocenters. The Morgan fingerprint density at radius 1 is 1.33 bits per heavy atom. The summed E-state index contributed by atoms with van der Waals surface area (Å²) in [6.07, 6.45) is 3.89. The van der Waals surface area contributed by atoms with E-state index >= 15 is 0 Å². The van der Waals surface area contributed by atoms with E-state index in [1.165, 1.54) is 10.4 Å². The van der Waals surface area contributed by atoms with Crippen LogP contribution < -0.4 is 0 Å². The van der Waals surface area contributed by atoms with Gasteiger partial charge >= 0.3 is 0 Å². The fraction of sp³-hybridized carbons (Fsp3) is 0. The molecular formula is C9H6N2S. The van der Waals surface area contributed by atoms with Crippen molar-refractivity contribution in [2.45, 2.75) is 4.90 Å². The summed E-state index contributed by atoms with van der Waals surface area (Å²) in [7, 11) is 0. The highest BCUT2D eigenvalue weighted by Crippen LogP contribution is 2.31. The zero-order chi connectivity index (χ0) is 7.97. The van der Waals surface area contributed by atoms with E-state index in [1.807, 2.05) is 24.7 Å². The van der Waals surface area contributed by atoms with Crippen LogP contribution in [0, 0.1) is 0 Å². The van der Waals surface area contributed by atoms with Gasteiger partial charge in [0.25, 0.3) is 0 Å². The van der Waals surface area contributed by atoms with Gasteiger partial charge in [-0.2, -0.15) is 0 Å². The minimum absolute atomic E-state index is 1.07. The Hall–Kier alpha value is -1.22. The molecule has 0 N–H and O–H groups in total. The van der Waals surface area contributed by atoms with Crippen molar-refractivity contribution in [1.29, 1.82) is 0 Å². The number of benzene rings is 1. The summed E-state index contributed by atoms with van der Waals surface area (Å²) >= 11 is 1.74. The van der Waals surface area contributed by atoms with Gasteiger partial charge < -0.3 is 4.57 Å². The van der Waals surface area contributed by atoms with Crippen molar-refractivity contribution in [3.63, 3.8) is 0 Å². The molecule has 0 unspecified atom stereocenters. The number of para-hydroxylation sites is 1. The van der Waals surface area contributed by atoms with Gasteiger partial charge in [0.1, 0.15) is 0 Å². The van der Waals surface area contributed by atoms with Crippen molar-refractivity contribution in [3.05, 3.63) is 29.9 Å². The van der Waals surface area contributed by atoms with Gasteiger partial charge in [-0.3, -0.25) is 0 Å². The van der Waals surface area contributed by atoms with Crippen molar-refractivity contribution in [2.24, 2.45) is 0 Å². The van der Waals surface area contributed by atoms with Gasteiger partial charge in [0.2, 0.25) is 0 Å². The van der Waals surface area contributed by atoms with Gasteiger partial charge in [-0.1, -0.05) is 17.8 Å². The van der Waals surface area contributed by atoms with E-state index in [2.05, 4.69) is 21.0 Å². The first kappa shape index (κ1) is 6.31. The zero-order valence-corrected chi connectivity index (χ0v) is 7.08. The second-order valence-corrected chi connectivity index (χ2v) is 3.63. The molecule has 1 aliphatic rings. The number of thioether (sulfide) groups is 1. The Balaban J connectivity index is 2.57. The molecule has 0 amide bonds. The molecule has 0 saturated heterocycles. The summed E-state index contributed by atoms with van der Waals surface area (Å²) in [6.45, 7) is 0. The van der Waals surface area contributed by atoms with Crippen LogP contribution in [0.2, 0.25) is 0 Å². The third kappa shape index (κ3) is 0.689. The van der Waals surface area contributed by atoms with Crippen LogP contribution in [0.1, 0.15) is 0 Å². The molecule has 3 rings (SSSR count). The van der Waals surface area contributed by atoms with Crippen LogP contribution in [0.25, 0.3) is 17.2 Å². The first-order valence-corrected chi connectivity index (χ1v) is 4.62. The highest BCUT2D eigenvalue weighted by atomic mass is 32.2. The Kier molecular flexibility index (Phi) is 1.12. The number of aromatic nitrogens is 2. The van der Waals surface area contributed by atoms with E-state index in [1.54, 1.807) is 11.8 Å². The maximum atomic E-state index is 4.29. The molecule has 1 aromatic heterocycles. The molecule has 12 heavy (non-hydrogen) atoms. The molecule has 58 valence electrons. The van der Waals surface area contributed by atoms with Crippen LogP contribution >= 0.6 is 11.8 Å². The predicted octanol–water partition coefficient (Wildman–Crippen LogP) is 2.57. The summed E-state index contributed by atoms with van der Waals surface area (Å²) in [5.41, 5.74) is 2.30. The van der Waals surface area contributed by atoms with Crippen LogP contribution in [0.3, 0.4) is 0 Å². The Bertz CT molecular complexity index is 470. The third-order valence-corrected chi connectivity index (χ3v) is 2.81. The quantitative estimate of drug-likeness (QED) is 0.611. The second kappa shape index (κ2) is 2.14. The molecule has 1 aliphatic heterocycles. The van der Waals surface area contributed by atoms with E-state index < -0.39 is 0 Å². The van der Waals surface area contributed by atoms with Gasteiger partial charge in [0.05, 0.1) is 17.4 Å². The number of nitrogens with zero attached hydrogens (tertiary/aromatic N) is 2. The Labute approximate surface area is 73.9 Å². The van der Waals surface area contributed by atoms with Gasteiger partial charge in [-0.25, -0.2) is 4.98 Å². The molecule has 0 bridgehead atoms. The molecule has 0 spiro atoms.